The Balaban J connectivity index is 1.77. The van der Waals surface area contributed by atoms with Gasteiger partial charge in [0.2, 0.25) is 0 Å². The highest BCUT2D eigenvalue weighted by molar-refractivity contribution is 5.78. The van der Waals surface area contributed by atoms with Crippen LogP contribution in [-0.2, 0) is 9.53 Å². The Morgan fingerprint density at radius 2 is 2.04 bits per heavy atom. The fourth-order valence-electron chi connectivity index (χ4n) is 3.30. The first-order chi connectivity index (χ1) is 11.2. The molecule has 0 saturated carbocycles. The lowest BCUT2D eigenvalue weighted by molar-refractivity contribution is -0.148. The third kappa shape index (κ3) is 3.27. The van der Waals surface area contributed by atoms with Gasteiger partial charge in [0.05, 0.1) is 19.3 Å². The second-order valence-electron chi connectivity index (χ2n) is 5.93. The number of likely N-dealkylation sites (tertiary alicyclic amines) is 1. The van der Waals surface area contributed by atoms with Crippen LogP contribution in [0.2, 0.25) is 0 Å². The molecule has 0 bridgehead atoms. The number of methoxy groups -OCH3 is 1. The molecule has 6 heteroatoms. The lowest BCUT2D eigenvalue weighted by Gasteiger charge is -2.36. The van der Waals surface area contributed by atoms with E-state index in [0.29, 0.717) is 6.04 Å². The molecule has 0 amide bonds. The summed E-state index contributed by atoms with van der Waals surface area (Å²) >= 11 is 0. The van der Waals surface area contributed by atoms with E-state index in [1.165, 1.54) is 7.11 Å². The summed E-state index contributed by atoms with van der Waals surface area (Å²) in [4.78, 5) is 14.6. The molecule has 0 radical (unpaired) electrons. The van der Waals surface area contributed by atoms with Crippen LogP contribution < -0.4 is 0 Å². The molecule has 1 aliphatic heterocycles. The molecule has 1 atom stereocenters. The van der Waals surface area contributed by atoms with Crippen molar-refractivity contribution in [2.45, 2.75) is 31.8 Å². The van der Waals surface area contributed by atoms with Crippen LogP contribution in [-0.4, -0.2) is 46.1 Å². The summed E-state index contributed by atoms with van der Waals surface area (Å²) in [5.74, 6) is -0.196. The van der Waals surface area contributed by atoms with Gasteiger partial charge in [0.25, 0.3) is 0 Å². The maximum Gasteiger partial charge on any atom is 0.327 e. The molecule has 23 heavy (non-hydrogen) atoms. The number of rotatable bonds is 4. The van der Waals surface area contributed by atoms with Gasteiger partial charge in [0, 0.05) is 19.3 Å². The average molecular weight is 314 g/mol. The fourth-order valence-corrected chi connectivity index (χ4v) is 3.30. The largest absolute Gasteiger partial charge is 0.468 e. The Kier molecular flexibility index (Phi) is 4.71. The maximum atomic E-state index is 12.4. The SMILES string of the molecule is COC(=O)[C@@H](c1ccccc1C)N1CCC(n2ccnn2)CC1. The number of piperidine rings is 1. The molecule has 1 fully saturated rings. The predicted molar refractivity (Wildman–Crippen MR) is 85.8 cm³/mol. The van der Waals surface area contributed by atoms with Gasteiger partial charge in [-0.05, 0) is 30.9 Å². The van der Waals surface area contributed by atoms with E-state index in [9.17, 15) is 4.79 Å². The van der Waals surface area contributed by atoms with Crippen LogP contribution in [0.4, 0.5) is 0 Å². The van der Waals surface area contributed by atoms with Gasteiger partial charge in [-0.1, -0.05) is 29.5 Å². The van der Waals surface area contributed by atoms with Crippen LogP contribution >= 0.6 is 0 Å². The fraction of sp³-hybridized carbons (Fsp3) is 0.471. The summed E-state index contributed by atoms with van der Waals surface area (Å²) in [6.45, 7) is 3.70. The number of esters is 1. The number of ether oxygens (including phenoxy) is 1. The van der Waals surface area contributed by atoms with E-state index >= 15 is 0 Å². The first-order valence-electron chi connectivity index (χ1n) is 7.94. The summed E-state index contributed by atoms with van der Waals surface area (Å²) in [7, 11) is 1.45. The molecule has 6 nitrogen and oxygen atoms in total. The van der Waals surface area contributed by atoms with Crippen molar-refractivity contribution in [3.63, 3.8) is 0 Å². The number of carbonyl (C=O) groups excluding carboxylic acids is 1. The van der Waals surface area contributed by atoms with Gasteiger partial charge >= 0.3 is 5.97 Å². The van der Waals surface area contributed by atoms with Crippen molar-refractivity contribution in [3.8, 4) is 0 Å². The first kappa shape index (κ1) is 15.7. The van der Waals surface area contributed by atoms with E-state index in [2.05, 4.69) is 15.2 Å². The molecule has 2 aromatic rings. The zero-order valence-electron chi connectivity index (χ0n) is 13.6. The van der Waals surface area contributed by atoms with Crippen molar-refractivity contribution in [1.82, 2.24) is 19.9 Å². The van der Waals surface area contributed by atoms with Crippen molar-refractivity contribution in [3.05, 3.63) is 47.8 Å². The van der Waals surface area contributed by atoms with Gasteiger partial charge in [-0.3, -0.25) is 4.90 Å². The normalized spacial score (nSPS) is 17.8. The summed E-state index contributed by atoms with van der Waals surface area (Å²) in [6, 6.07) is 8.03. The number of aromatic nitrogens is 3. The molecule has 0 spiro atoms. The van der Waals surface area contributed by atoms with E-state index < -0.39 is 0 Å². The number of carbonyl (C=O) groups is 1. The Bertz CT molecular complexity index is 648. The first-order valence-corrected chi connectivity index (χ1v) is 7.94. The van der Waals surface area contributed by atoms with Crippen LogP contribution in [0.15, 0.2) is 36.7 Å². The molecule has 122 valence electrons. The molecule has 1 saturated heterocycles. The highest BCUT2D eigenvalue weighted by Crippen LogP contribution is 2.31. The van der Waals surface area contributed by atoms with Crippen molar-refractivity contribution >= 4 is 5.97 Å². The Morgan fingerprint density at radius 3 is 2.65 bits per heavy atom. The third-order valence-electron chi connectivity index (χ3n) is 4.59. The minimum absolute atomic E-state index is 0.196. The highest BCUT2D eigenvalue weighted by atomic mass is 16.5. The molecule has 1 aromatic carbocycles. The van der Waals surface area contributed by atoms with E-state index in [0.717, 1.165) is 37.1 Å². The minimum atomic E-state index is -0.335. The predicted octanol–water partition coefficient (Wildman–Crippen LogP) is 2.14. The second kappa shape index (κ2) is 6.91. The van der Waals surface area contributed by atoms with Gasteiger partial charge in [-0.15, -0.1) is 5.10 Å². The van der Waals surface area contributed by atoms with Crippen molar-refractivity contribution in [1.29, 1.82) is 0 Å². The van der Waals surface area contributed by atoms with Gasteiger partial charge in [0.15, 0.2) is 0 Å². The Labute approximate surface area is 136 Å². The van der Waals surface area contributed by atoms with Crippen molar-refractivity contribution in [2.75, 3.05) is 20.2 Å². The molecule has 0 unspecified atom stereocenters. The van der Waals surface area contributed by atoms with Crippen LogP contribution in [0, 0.1) is 6.92 Å². The maximum absolute atomic E-state index is 12.4. The van der Waals surface area contributed by atoms with Gasteiger partial charge in [0.1, 0.15) is 6.04 Å². The van der Waals surface area contributed by atoms with Gasteiger partial charge in [-0.25, -0.2) is 9.48 Å². The lowest BCUT2D eigenvalue weighted by Crippen LogP contribution is -2.41. The summed E-state index contributed by atoms with van der Waals surface area (Å²) in [6.07, 6.45) is 5.50. The molecule has 0 N–H and O–H groups in total. The highest BCUT2D eigenvalue weighted by Gasteiger charge is 2.33. The zero-order valence-corrected chi connectivity index (χ0v) is 13.6. The van der Waals surface area contributed by atoms with E-state index in [1.54, 1.807) is 6.20 Å². The Morgan fingerprint density at radius 1 is 1.30 bits per heavy atom. The van der Waals surface area contributed by atoms with Crippen LogP contribution in [0.5, 0.6) is 0 Å². The van der Waals surface area contributed by atoms with Crippen LogP contribution in [0.1, 0.15) is 36.1 Å². The monoisotopic (exact) mass is 314 g/mol. The van der Waals surface area contributed by atoms with E-state index in [-0.39, 0.29) is 12.0 Å². The summed E-state index contributed by atoms with van der Waals surface area (Å²) < 4.78 is 6.98. The average Bonchev–Trinajstić information content (AvgIpc) is 3.12. The number of hydrogen-bond donors (Lipinski definition) is 0. The summed E-state index contributed by atoms with van der Waals surface area (Å²) in [5, 5.41) is 7.97. The van der Waals surface area contributed by atoms with Crippen molar-refractivity contribution < 1.29 is 9.53 Å². The van der Waals surface area contributed by atoms with Gasteiger partial charge in [-0.2, -0.15) is 0 Å². The smallest absolute Gasteiger partial charge is 0.327 e. The van der Waals surface area contributed by atoms with E-state index in [1.807, 2.05) is 42.1 Å². The molecular formula is C17H22N4O2. The third-order valence-corrected chi connectivity index (χ3v) is 4.59. The second-order valence-corrected chi connectivity index (χ2v) is 5.93. The van der Waals surface area contributed by atoms with Crippen molar-refractivity contribution in [2.24, 2.45) is 0 Å². The number of hydrogen-bond acceptors (Lipinski definition) is 5. The quantitative estimate of drug-likeness (QED) is 0.809. The van der Waals surface area contributed by atoms with Crippen LogP contribution in [0.25, 0.3) is 0 Å². The molecule has 2 heterocycles. The van der Waals surface area contributed by atoms with Crippen LogP contribution in [0.3, 0.4) is 0 Å². The lowest BCUT2D eigenvalue weighted by atomic mass is 9.96. The molecule has 1 aliphatic rings. The summed E-state index contributed by atoms with van der Waals surface area (Å²) in [5.41, 5.74) is 2.14. The topological polar surface area (TPSA) is 60.2 Å². The van der Waals surface area contributed by atoms with Gasteiger partial charge < -0.3 is 4.74 Å². The zero-order chi connectivity index (χ0) is 16.2. The number of aryl methyl sites for hydroxylation is 1. The molecule has 1 aromatic heterocycles. The molecular weight excluding hydrogens is 292 g/mol. The minimum Gasteiger partial charge on any atom is -0.468 e. The number of benzene rings is 1. The van der Waals surface area contributed by atoms with E-state index in [4.69, 9.17) is 4.74 Å². The molecule has 0 aliphatic carbocycles. The standard InChI is InChI=1S/C17H22N4O2/c1-13-5-3-4-6-15(13)16(17(22)23-2)20-10-7-14(8-11-20)21-12-9-18-19-21/h3-6,9,12,14,16H,7-8,10-11H2,1-2H3/t16-/m1/s1. The Hall–Kier alpha value is -2.21. The molecule has 3 rings (SSSR count). The number of nitrogens with zero attached hydrogens (tertiary/aromatic N) is 4.